The predicted octanol–water partition coefficient (Wildman–Crippen LogP) is 0.604. The first-order valence-corrected chi connectivity index (χ1v) is 4.35. The van der Waals surface area contributed by atoms with Crippen molar-refractivity contribution in [3.8, 4) is 0 Å². The van der Waals surface area contributed by atoms with Gasteiger partial charge in [0, 0.05) is 32.1 Å². The molecule has 0 aliphatic carbocycles. The van der Waals surface area contributed by atoms with E-state index in [0.29, 0.717) is 5.95 Å². The molecule has 0 saturated carbocycles. The number of hydrogen-bond donors (Lipinski definition) is 1. The Hall–Kier alpha value is -1.16. The van der Waals surface area contributed by atoms with Gasteiger partial charge in [-0.05, 0) is 19.4 Å². The second-order valence-electron chi connectivity index (χ2n) is 3.00. The summed E-state index contributed by atoms with van der Waals surface area (Å²) in [6.45, 7) is 2.92. The van der Waals surface area contributed by atoms with E-state index >= 15 is 0 Å². The second kappa shape index (κ2) is 4.77. The average Bonchev–Trinajstić information content (AvgIpc) is 2.14. The van der Waals surface area contributed by atoms with Crippen LogP contribution in [0.15, 0.2) is 12.3 Å². The molecule has 1 rings (SSSR count). The van der Waals surface area contributed by atoms with E-state index in [-0.39, 0.29) is 6.61 Å². The van der Waals surface area contributed by atoms with Gasteiger partial charge >= 0.3 is 0 Å². The van der Waals surface area contributed by atoms with Crippen LogP contribution in [0.25, 0.3) is 0 Å². The highest BCUT2D eigenvalue weighted by molar-refractivity contribution is 5.28. The molecule has 72 valence electrons. The molecule has 0 amide bonds. The zero-order chi connectivity index (χ0) is 9.68. The SMILES string of the molecule is Cc1ccnc(N(C)CCCO)n1. The van der Waals surface area contributed by atoms with E-state index in [4.69, 9.17) is 5.11 Å². The fourth-order valence-corrected chi connectivity index (χ4v) is 1.03. The number of aromatic nitrogens is 2. The first kappa shape index (κ1) is 9.92. The fourth-order valence-electron chi connectivity index (χ4n) is 1.03. The van der Waals surface area contributed by atoms with Crippen molar-refractivity contribution in [2.24, 2.45) is 0 Å². The lowest BCUT2D eigenvalue weighted by atomic mass is 10.4. The van der Waals surface area contributed by atoms with Crippen molar-refractivity contribution in [3.05, 3.63) is 18.0 Å². The maximum Gasteiger partial charge on any atom is 0.225 e. The summed E-state index contributed by atoms with van der Waals surface area (Å²) in [5.74, 6) is 0.716. The van der Waals surface area contributed by atoms with Gasteiger partial charge in [0.2, 0.25) is 5.95 Å². The smallest absolute Gasteiger partial charge is 0.225 e. The van der Waals surface area contributed by atoms with Crippen LogP contribution in [0.5, 0.6) is 0 Å². The third-order valence-electron chi connectivity index (χ3n) is 1.78. The number of hydrogen-bond acceptors (Lipinski definition) is 4. The molecule has 0 aliphatic rings. The fraction of sp³-hybridized carbons (Fsp3) is 0.556. The zero-order valence-electron chi connectivity index (χ0n) is 8.06. The molecule has 0 bridgehead atoms. The summed E-state index contributed by atoms with van der Waals surface area (Å²) >= 11 is 0. The number of aryl methyl sites for hydroxylation is 1. The Morgan fingerprint density at radius 2 is 2.31 bits per heavy atom. The Balaban J connectivity index is 2.60. The first-order valence-electron chi connectivity index (χ1n) is 4.35. The molecule has 0 unspecified atom stereocenters. The summed E-state index contributed by atoms with van der Waals surface area (Å²) in [6, 6.07) is 1.86. The Morgan fingerprint density at radius 3 is 2.92 bits per heavy atom. The summed E-state index contributed by atoms with van der Waals surface area (Å²) in [6.07, 6.45) is 2.49. The Kier molecular flexibility index (Phi) is 3.64. The number of aliphatic hydroxyl groups is 1. The lowest BCUT2D eigenvalue weighted by molar-refractivity contribution is 0.290. The number of anilines is 1. The Morgan fingerprint density at radius 1 is 1.54 bits per heavy atom. The maximum absolute atomic E-state index is 8.65. The van der Waals surface area contributed by atoms with Crippen LogP contribution in [0.4, 0.5) is 5.95 Å². The normalized spacial score (nSPS) is 10.1. The molecule has 1 aromatic heterocycles. The van der Waals surface area contributed by atoms with Crippen LogP contribution in [-0.4, -0.2) is 35.3 Å². The average molecular weight is 181 g/mol. The van der Waals surface area contributed by atoms with Crippen LogP contribution in [0.1, 0.15) is 12.1 Å². The highest BCUT2D eigenvalue weighted by Gasteiger charge is 2.02. The summed E-state index contributed by atoms with van der Waals surface area (Å²) in [5, 5.41) is 8.65. The zero-order valence-corrected chi connectivity index (χ0v) is 8.06. The quantitative estimate of drug-likeness (QED) is 0.739. The van der Waals surface area contributed by atoms with Gasteiger partial charge in [0.15, 0.2) is 0 Å². The monoisotopic (exact) mass is 181 g/mol. The van der Waals surface area contributed by atoms with Crippen LogP contribution >= 0.6 is 0 Å². The predicted molar refractivity (Wildman–Crippen MR) is 51.7 cm³/mol. The first-order chi connectivity index (χ1) is 6.24. The molecule has 0 aromatic carbocycles. The minimum atomic E-state index is 0.205. The van der Waals surface area contributed by atoms with E-state index in [1.165, 1.54) is 0 Å². The third kappa shape index (κ3) is 2.99. The largest absolute Gasteiger partial charge is 0.396 e. The van der Waals surface area contributed by atoms with Gasteiger partial charge < -0.3 is 10.0 Å². The van der Waals surface area contributed by atoms with E-state index in [1.807, 2.05) is 24.9 Å². The van der Waals surface area contributed by atoms with E-state index in [0.717, 1.165) is 18.7 Å². The number of rotatable bonds is 4. The lowest BCUT2D eigenvalue weighted by Gasteiger charge is -2.15. The van der Waals surface area contributed by atoms with Gasteiger partial charge in [0.05, 0.1) is 0 Å². The molecule has 4 heteroatoms. The minimum Gasteiger partial charge on any atom is -0.396 e. The van der Waals surface area contributed by atoms with Crippen molar-refractivity contribution >= 4 is 5.95 Å². The molecule has 0 radical (unpaired) electrons. The molecule has 0 aliphatic heterocycles. The van der Waals surface area contributed by atoms with Crippen molar-refractivity contribution in [1.82, 2.24) is 9.97 Å². The van der Waals surface area contributed by atoms with Crippen LogP contribution in [0.3, 0.4) is 0 Å². The van der Waals surface area contributed by atoms with Crippen LogP contribution in [0, 0.1) is 6.92 Å². The van der Waals surface area contributed by atoms with Crippen LogP contribution in [-0.2, 0) is 0 Å². The Labute approximate surface area is 78.2 Å². The van der Waals surface area contributed by atoms with E-state index in [9.17, 15) is 0 Å². The molecule has 1 heterocycles. The highest BCUT2D eigenvalue weighted by Crippen LogP contribution is 2.04. The van der Waals surface area contributed by atoms with Crippen molar-refractivity contribution < 1.29 is 5.11 Å². The van der Waals surface area contributed by atoms with Crippen LogP contribution in [0.2, 0.25) is 0 Å². The molecule has 13 heavy (non-hydrogen) atoms. The van der Waals surface area contributed by atoms with Gasteiger partial charge in [-0.2, -0.15) is 0 Å². The minimum absolute atomic E-state index is 0.205. The molecule has 1 aromatic rings. The molecule has 0 atom stereocenters. The van der Waals surface area contributed by atoms with E-state index in [2.05, 4.69) is 9.97 Å². The van der Waals surface area contributed by atoms with Gasteiger partial charge in [-0.25, -0.2) is 9.97 Å². The summed E-state index contributed by atoms with van der Waals surface area (Å²) < 4.78 is 0. The van der Waals surface area contributed by atoms with Gasteiger partial charge in [-0.1, -0.05) is 0 Å². The topological polar surface area (TPSA) is 49.2 Å². The van der Waals surface area contributed by atoms with E-state index < -0.39 is 0 Å². The molecule has 0 fully saturated rings. The Bertz CT molecular complexity index is 265. The molecule has 0 saturated heterocycles. The van der Waals surface area contributed by atoms with Crippen molar-refractivity contribution in [1.29, 1.82) is 0 Å². The number of nitrogens with zero attached hydrogens (tertiary/aromatic N) is 3. The number of aliphatic hydroxyl groups excluding tert-OH is 1. The van der Waals surface area contributed by atoms with Crippen LogP contribution < -0.4 is 4.90 Å². The molecule has 4 nitrogen and oxygen atoms in total. The highest BCUT2D eigenvalue weighted by atomic mass is 16.3. The summed E-state index contributed by atoms with van der Waals surface area (Å²) in [5.41, 5.74) is 0.959. The van der Waals surface area contributed by atoms with Gasteiger partial charge in [0.1, 0.15) is 0 Å². The van der Waals surface area contributed by atoms with Gasteiger partial charge in [0.25, 0.3) is 0 Å². The summed E-state index contributed by atoms with van der Waals surface area (Å²) in [7, 11) is 1.92. The second-order valence-corrected chi connectivity index (χ2v) is 3.00. The molecule has 0 spiro atoms. The van der Waals surface area contributed by atoms with E-state index in [1.54, 1.807) is 6.20 Å². The third-order valence-corrected chi connectivity index (χ3v) is 1.78. The lowest BCUT2D eigenvalue weighted by Crippen LogP contribution is -2.21. The summed E-state index contributed by atoms with van der Waals surface area (Å²) in [4.78, 5) is 10.3. The molecular weight excluding hydrogens is 166 g/mol. The van der Waals surface area contributed by atoms with Crippen molar-refractivity contribution in [3.63, 3.8) is 0 Å². The molecule has 1 N–H and O–H groups in total. The molecular formula is C9H15N3O. The van der Waals surface area contributed by atoms with Crippen molar-refractivity contribution in [2.75, 3.05) is 25.1 Å². The van der Waals surface area contributed by atoms with Gasteiger partial charge in [-0.15, -0.1) is 0 Å². The van der Waals surface area contributed by atoms with Gasteiger partial charge in [-0.3, -0.25) is 0 Å². The maximum atomic E-state index is 8.65. The standard InChI is InChI=1S/C9H15N3O/c1-8-4-5-10-9(11-8)12(2)6-3-7-13/h4-5,13H,3,6-7H2,1-2H3. The van der Waals surface area contributed by atoms with Crippen molar-refractivity contribution in [2.45, 2.75) is 13.3 Å².